The molecule has 0 atom stereocenters. The maximum Gasteiger partial charge on any atom is 0.0594 e. The molecule has 0 radical (unpaired) electrons. The molecule has 1 rings (SSSR count). The van der Waals surface area contributed by atoms with Gasteiger partial charge in [-0.25, -0.2) is 0 Å². The van der Waals surface area contributed by atoms with Crippen LogP contribution in [0, 0.1) is 0 Å². The highest BCUT2D eigenvalue weighted by atomic mass is 16.5. The van der Waals surface area contributed by atoms with E-state index in [1.807, 2.05) is 0 Å². The molecule has 8 heavy (non-hydrogen) atoms. The number of ether oxygens (including phenoxy) is 1. The van der Waals surface area contributed by atoms with Gasteiger partial charge in [0.05, 0.1) is 13.2 Å². The molecule has 0 amide bonds. The molecule has 0 spiro atoms. The van der Waals surface area contributed by atoms with Crippen LogP contribution in [0.2, 0.25) is 0 Å². The van der Waals surface area contributed by atoms with Gasteiger partial charge in [0.1, 0.15) is 0 Å². The lowest BCUT2D eigenvalue weighted by Crippen LogP contribution is -2.39. The van der Waals surface area contributed by atoms with Crippen molar-refractivity contribution < 1.29 is 4.74 Å². The zero-order valence-corrected chi connectivity index (χ0v) is 4.97. The Morgan fingerprint density at radius 2 is 2.00 bits per heavy atom. The second kappa shape index (κ2) is 3.02. The van der Waals surface area contributed by atoms with Gasteiger partial charge >= 0.3 is 0 Å². The number of nitrogens with zero attached hydrogens (tertiary/aromatic N) is 1. The molecule has 3 nitrogen and oxygen atoms in total. The summed E-state index contributed by atoms with van der Waals surface area (Å²) < 4.78 is 5.10. The first-order valence-corrected chi connectivity index (χ1v) is 2.93. The van der Waals surface area contributed by atoms with Crippen LogP contribution in [0.25, 0.3) is 0 Å². The third kappa shape index (κ3) is 1.43. The van der Waals surface area contributed by atoms with E-state index in [-0.39, 0.29) is 0 Å². The summed E-state index contributed by atoms with van der Waals surface area (Å²) >= 11 is 0. The smallest absolute Gasteiger partial charge is 0.0594 e. The normalized spacial score (nSPS) is 23.6. The van der Waals surface area contributed by atoms with Crippen LogP contribution in [0.15, 0.2) is 0 Å². The number of rotatable bonds is 1. The Morgan fingerprint density at radius 1 is 1.38 bits per heavy atom. The highest BCUT2D eigenvalue weighted by Gasteiger charge is 2.06. The predicted octanol–water partition coefficient (Wildman–Crippen LogP) is -0.765. The van der Waals surface area contributed by atoms with Gasteiger partial charge in [-0.3, -0.25) is 4.90 Å². The fourth-order valence-corrected chi connectivity index (χ4v) is 0.784. The lowest BCUT2D eigenvalue weighted by molar-refractivity contribution is 0.0391. The molecule has 1 fully saturated rings. The SMILES string of the molecule is NCN1CCOCC1. The van der Waals surface area contributed by atoms with E-state index in [0.717, 1.165) is 26.3 Å². The minimum Gasteiger partial charge on any atom is -0.379 e. The van der Waals surface area contributed by atoms with Crippen molar-refractivity contribution in [2.24, 2.45) is 5.73 Å². The van der Waals surface area contributed by atoms with Crippen LogP contribution in [0.3, 0.4) is 0 Å². The van der Waals surface area contributed by atoms with Crippen LogP contribution in [0.4, 0.5) is 0 Å². The van der Waals surface area contributed by atoms with E-state index in [0.29, 0.717) is 6.67 Å². The van der Waals surface area contributed by atoms with Gasteiger partial charge in [-0.05, 0) is 0 Å². The topological polar surface area (TPSA) is 38.5 Å². The summed E-state index contributed by atoms with van der Waals surface area (Å²) in [5.41, 5.74) is 5.37. The van der Waals surface area contributed by atoms with Crippen LogP contribution >= 0.6 is 0 Å². The second-order valence-electron chi connectivity index (χ2n) is 1.91. The average molecular weight is 116 g/mol. The molecule has 0 bridgehead atoms. The zero-order valence-electron chi connectivity index (χ0n) is 4.97. The van der Waals surface area contributed by atoms with Crippen LogP contribution in [-0.4, -0.2) is 37.9 Å². The quantitative estimate of drug-likeness (QED) is 0.489. The Balaban J connectivity index is 2.13. The molecule has 0 aromatic rings. The van der Waals surface area contributed by atoms with Crippen LogP contribution in [0.1, 0.15) is 0 Å². The summed E-state index contributed by atoms with van der Waals surface area (Å²) in [6.45, 7) is 4.35. The van der Waals surface area contributed by atoms with Crippen molar-refractivity contribution in [1.82, 2.24) is 4.90 Å². The molecular formula is C5H12N2O. The Morgan fingerprint density at radius 3 is 2.38 bits per heavy atom. The van der Waals surface area contributed by atoms with E-state index in [9.17, 15) is 0 Å². The van der Waals surface area contributed by atoms with Crippen molar-refractivity contribution in [2.75, 3.05) is 33.0 Å². The van der Waals surface area contributed by atoms with E-state index in [1.54, 1.807) is 0 Å². The Hall–Kier alpha value is -0.120. The van der Waals surface area contributed by atoms with E-state index < -0.39 is 0 Å². The molecule has 0 saturated carbocycles. The van der Waals surface area contributed by atoms with Crippen LogP contribution in [0.5, 0.6) is 0 Å². The third-order valence-electron chi connectivity index (χ3n) is 1.36. The fraction of sp³-hybridized carbons (Fsp3) is 1.00. The molecule has 0 aromatic heterocycles. The number of morpholine rings is 1. The molecule has 1 aliphatic heterocycles. The van der Waals surface area contributed by atoms with E-state index >= 15 is 0 Å². The minimum absolute atomic E-state index is 0.670. The summed E-state index contributed by atoms with van der Waals surface area (Å²) in [5, 5.41) is 0. The van der Waals surface area contributed by atoms with Crippen molar-refractivity contribution in [3.05, 3.63) is 0 Å². The molecule has 1 aliphatic rings. The number of nitrogens with two attached hydrogens (primary N) is 1. The highest BCUT2D eigenvalue weighted by molar-refractivity contribution is 4.57. The Kier molecular flexibility index (Phi) is 2.27. The molecule has 1 saturated heterocycles. The second-order valence-corrected chi connectivity index (χ2v) is 1.91. The van der Waals surface area contributed by atoms with Gasteiger partial charge < -0.3 is 10.5 Å². The maximum atomic E-state index is 5.37. The minimum atomic E-state index is 0.670. The van der Waals surface area contributed by atoms with Crippen LogP contribution in [-0.2, 0) is 4.74 Å². The molecule has 48 valence electrons. The number of hydrogen-bond acceptors (Lipinski definition) is 3. The standard InChI is InChI=1S/C5H12N2O/c6-5-7-1-3-8-4-2-7/h1-6H2. The first-order valence-electron chi connectivity index (χ1n) is 2.93. The van der Waals surface area contributed by atoms with Gasteiger partial charge in [-0.2, -0.15) is 0 Å². The van der Waals surface area contributed by atoms with Gasteiger partial charge in [-0.1, -0.05) is 0 Å². The first kappa shape index (κ1) is 6.01. The van der Waals surface area contributed by atoms with E-state index in [1.165, 1.54) is 0 Å². The molecule has 2 N–H and O–H groups in total. The highest BCUT2D eigenvalue weighted by Crippen LogP contribution is 1.91. The number of hydrogen-bond donors (Lipinski definition) is 1. The van der Waals surface area contributed by atoms with Crippen molar-refractivity contribution in [3.63, 3.8) is 0 Å². The maximum absolute atomic E-state index is 5.37. The summed E-state index contributed by atoms with van der Waals surface area (Å²) in [7, 11) is 0. The molecule has 3 heteroatoms. The summed E-state index contributed by atoms with van der Waals surface area (Å²) in [4.78, 5) is 2.17. The van der Waals surface area contributed by atoms with Gasteiger partial charge in [-0.15, -0.1) is 0 Å². The summed E-state index contributed by atoms with van der Waals surface area (Å²) in [5.74, 6) is 0. The van der Waals surface area contributed by atoms with E-state index in [4.69, 9.17) is 10.5 Å². The fourth-order valence-electron chi connectivity index (χ4n) is 0.784. The molecular weight excluding hydrogens is 104 g/mol. The Labute approximate surface area is 49.4 Å². The average Bonchev–Trinajstić information content (AvgIpc) is 1.90. The monoisotopic (exact) mass is 116 g/mol. The van der Waals surface area contributed by atoms with Crippen LogP contribution < -0.4 is 5.73 Å². The van der Waals surface area contributed by atoms with Crippen molar-refractivity contribution in [2.45, 2.75) is 0 Å². The largest absolute Gasteiger partial charge is 0.379 e. The molecule has 0 unspecified atom stereocenters. The molecule has 1 heterocycles. The van der Waals surface area contributed by atoms with Gasteiger partial charge in [0.25, 0.3) is 0 Å². The molecule has 0 aliphatic carbocycles. The third-order valence-corrected chi connectivity index (χ3v) is 1.36. The van der Waals surface area contributed by atoms with Crippen molar-refractivity contribution >= 4 is 0 Å². The van der Waals surface area contributed by atoms with Gasteiger partial charge in [0.2, 0.25) is 0 Å². The summed E-state index contributed by atoms with van der Waals surface area (Å²) in [6.07, 6.45) is 0. The summed E-state index contributed by atoms with van der Waals surface area (Å²) in [6, 6.07) is 0. The van der Waals surface area contributed by atoms with Gasteiger partial charge in [0.15, 0.2) is 0 Å². The zero-order chi connectivity index (χ0) is 5.82. The predicted molar refractivity (Wildman–Crippen MR) is 31.4 cm³/mol. The van der Waals surface area contributed by atoms with Crippen molar-refractivity contribution in [3.8, 4) is 0 Å². The molecule has 0 aromatic carbocycles. The lowest BCUT2D eigenvalue weighted by Gasteiger charge is -2.24. The first-order chi connectivity index (χ1) is 3.93. The van der Waals surface area contributed by atoms with Crippen molar-refractivity contribution in [1.29, 1.82) is 0 Å². The van der Waals surface area contributed by atoms with Gasteiger partial charge in [0, 0.05) is 19.8 Å². The Bertz CT molecular complexity index is 61.4. The van der Waals surface area contributed by atoms with E-state index in [2.05, 4.69) is 4.90 Å². The lowest BCUT2D eigenvalue weighted by atomic mass is 10.5.